The van der Waals surface area contributed by atoms with E-state index in [1.165, 1.54) is 0 Å². The van der Waals surface area contributed by atoms with E-state index in [0.29, 0.717) is 5.95 Å². The Morgan fingerprint density at radius 1 is 1.24 bits per heavy atom. The topological polar surface area (TPSA) is 150 Å². The number of aromatic nitrogens is 5. The summed E-state index contributed by atoms with van der Waals surface area (Å²) in [5, 5.41) is 19.8. The average Bonchev–Trinajstić information content (AvgIpc) is 3.05. The summed E-state index contributed by atoms with van der Waals surface area (Å²) >= 11 is 0. The molecule has 6 N–H and O–H groups in total. The molecule has 2 aromatic heterocycles. The molecule has 0 saturated heterocycles. The lowest BCUT2D eigenvalue weighted by Crippen LogP contribution is -2.43. The molecule has 0 radical (unpaired) electrons. The van der Waals surface area contributed by atoms with Crippen LogP contribution in [0.15, 0.2) is 18.3 Å². The number of fused-ring (bicyclic) bond motifs is 1. The summed E-state index contributed by atoms with van der Waals surface area (Å²) in [6.07, 6.45) is 5.96. The Bertz CT molecular complexity index is 1060. The molecule has 2 heterocycles. The van der Waals surface area contributed by atoms with E-state index in [0.717, 1.165) is 47.8 Å². The highest BCUT2D eigenvalue weighted by atomic mass is 16.1. The molecular weight excluding hydrogens is 370 g/mol. The predicted octanol–water partition coefficient (Wildman–Crippen LogP) is 1.59. The van der Waals surface area contributed by atoms with Gasteiger partial charge in [-0.2, -0.15) is 10.1 Å². The molecule has 0 bridgehead atoms. The molecule has 1 saturated carbocycles. The van der Waals surface area contributed by atoms with Crippen molar-refractivity contribution in [3.05, 3.63) is 29.6 Å². The van der Waals surface area contributed by atoms with Crippen molar-refractivity contribution in [2.24, 2.45) is 18.5 Å². The number of nitrogens with zero attached hydrogens (tertiary/aromatic N) is 5. The number of rotatable bonds is 5. The number of carbonyl (C=O) groups is 1. The number of nitrogens with two attached hydrogens (primary N) is 2. The van der Waals surface area contributed by atoms with Gasteiger partial charge in [0.2, 0.25) is 5.95 Å². The maximum Gasteiger partial charge on any atom is 0.273 e. The second kappa shape index (κ2) is 7.63. The van der Waals surface area contributed by atoms with Crippen molar-refractivity contribution in [2.45, 2.75) is 44.7 Å². The number of anilines is 3. The van der Waals surface area contributed by atoms with Crippen LogP contribution in [-0.2, 0) is 7.05 Å². The minimum atomic E-state index is -0.702. The van der Waals surface area contributed by atoms with Crippen LogP contribution in [0.2, 0.25) is 0 Å². The molecule has 1 aromatic carbocycles. The number of primary amides is 1. The molecule has 10 nitrogen and oxygen atoms in total. The summed E-state index contributed by atoms with van der Waals surface area (Å²) in [5.74, 6) is -0.134. The van der Waals surface area contributed by atoms with Gasteiger partial charge in [0, 0.05) is 30.2 Å². The number of nitrogens with one attached hydrogen (secondary N) is 2. The molecule has 0 spiro atoms. The fourth-order valence-electron chi connectivity index (χ4n) is 3.78. The smallest absolute Gasteiger partial charge is 0.273 e. The van der Waals surface area contributed by atoms with Crippen LogP contribution in [0.25, 0.3) is 10.9 Å². The van der Waals surface area contributed by atoms with Gasteiger partial charge in [-0.25, -0.2) is 0 Å². The third-order valence-corrected chi connectivity index (χ3v) is 5.39. The van der Waals surface area contributed by atoms with Gasteiger partial charge in [-0.05, 0) is 37.5 Å². The minimum Gasteiger partial charge on any atom is -0.364 e. The Labute approximate surface area is 168 Å². The van der Waals surface area contributed by atoms with E-state index < -0.39 is 5.91 Å². The second-order valence-corrected chi connectivity index (χ2v) is 7.52. The first-order chi connectivity index (χ1) is 13.9. The van der Waals surface area contributed by atoms with Gasteiger partial charge in [-0.3, -0.25) is 9.48 Å². The zero-order chi connectivity index (χ0) is 20.5. The van der Waals surface area contributed by atoms with E-state index in [1.807, 2.05) is 32.3 Å². The van der Waals surface area contributed by atoms with Gasteiger partial charge >= 0.3 is 0 Å². The Morgan fingerprint density at radius 2 is 2.03 bits per heavy atom. The van der Waals surface area contributed by atoms with Crippen LogP contribution in [0.4, 0.5) is 17.5 Å². The molecule has 1 amide bonds. The summed E-state index contributed by atoms with van der Waals surface area (Å²) in [7, 11) is 1.88. The summed E-state index contributed by atoms with van der Waals surface area (Å²) in [6.45, 7) is 2.00. The van der Waals surface area contributed by atoms with Crippen molar-refractivity contribution in [3.8, 4) is 0 Å². The Morgan fingerprint density at radius 3 is 2.79 bits per heavy atom. The number of aryl methyl sites for hydroxylation is 2. The third kappa shape index (κ3) is 3.83. The first-order valence-electron chi connectivity index (χ1n) is 9.68. The van der Waals surface area contributed by atoms with Crippen molar-refractivity contribution < 1.29 is 4.79 Å². The molecule has 1 fully saturated rings. The van der Waals surface area contributed by atoms with E-state index in [9.17, 15) is 4.79 Å². The molecule has 0 unspecified atom stereocenters. The van der Waals surface area contributed by atoms with Crippen molar-refractivity contribution in [1.82, 2.24) is 25.0 Å². The van der Waals surface area contributed by atoms with E-state index >= 15 is 0 Å². The standard InChI is InChI=1S/C19H25N9O/c1-10-7-11(8-15-12(10)9-22-28(15)2)23-18-16(17(21)29)26-27-19(25-18)24-14-6-4-3-5-13(14)20/h7-9,13-14H,3-6,20H2,1-2H3,(H2,21,29)(H2,23,24,25,27)/t13-,14+/m0/s1. The van der Waals surface area contributed by atoms with Gasteiger partial charge in [-0.1, -0.05) is 12.8 Å². The van der Waals surface area contributed by atoms with Crippen molar-refractivity contribution in [3.63, 3.8) is 0 Å². The van der Waals surface area contributed by atoms with Crippen LogP contribution < -0.4 is 22.1 Å². The number of amides is 1. The van der Waals surface area contributed by atoms with Crippen molar-refractivity contribution in [1.29, 1.82) is 0 Å². The van der Waals surface area contributed by atoms with Gasteiger partial charge < -0.3 is 22.1 Å². The molecule has 10 heteroatoms. The van der Waals surface area contributed by atoms with Crippen molar-refractivity contribution >= 4 is 34.3 Å². The highest BCUT2D eigenvalue weighted by molar-refractivity contribution is 5.96. The monoisotopic (exact) mass is 395 g/mol. The number of hydrogen-bond donors (Lipinski definition) is 4. The fraction of sp³-hybridized carbons (Fsp3) is 0.421. The quantitative estimate of drug-likeness (QED) is 0.509. The molecule has 152 valence electrons. The van der Waals surface area contributed by atoms with Crippen LogP contribution in [-0.4, -0.2) is 43.0 Å². The predicted molar refractivity (Wildman–Crippen MR) is 111 cm³/mol. The fourth-order valence-corrected chi connectivity index (χ4v) is 3.78. The zero-order valence-corrected chi connectivity index (χ0v) is 16.5. The SMILES string of the molecule is Cc1cc(Nc2nc(N[C@@H]3CCCC[C@@H]3N)nnc2C(N)=O)cc2c1cnn2C. The first kappa shape index (κ1) is 19.1. The Kier molecular flexibility index (Phi) is 5.01. The largest absolute Gasteiger partial charge is 0.364 e. The number of benzene rings is 1. The molecule has 2 atom stereocenters. The highest BCUT2D eigenvalue weighted by Gasteiger charge is 2.23. The zero-order valence-electron chi connectivity index (χ0n) is 16.5. The molecule has 0 aliphatic heterocycles. The third-order valence-electron chi connectivity index (χ3n) is 5.39. The average molecular weight is 395 g/mol. The van der Waals surface area contributed by atoms with Crippen LogP contribution in [0.5, 0.6) is 0 Å². The van der Waals surface area contributed by atoms with E-state index in [1.54, 1.807) is 4.68 Å². The van der Waals surface area contributed by atoms with Gasteiger partial charge in [0.15, 0.2) is 11.5 Å². The van der Waals surface area contributed by atoms with E-state index in [4.69, 9.17) is 11.5 Å². The molecule has 4 rings (SSSR count). The lowest BCUT2D eigenvalue weighted by molar-refractivity contribution is 0.0995. The summed E-state index contributed by atoms with van der Waals surface area (Å²) in [6, 6.07) is 4.01. The maximum atomic E-state index is 11.8. The summed E-state index contributed by atoms with van der Waals surface area (Å²) in [4.78, 5) is 16.3. The molecule has 3 aromatic rings. The van der Waals surface area contributed by atoms with Crippen LogP contribution in [0, 0.1) is 6.92 Å². The number of carbonyl (C=O) groups excluding carboxylic acids is 1. The second-order valence-electron chi connectivity index (χ2n) is 7.52. The first-order valence-corrected chi connectivity index (χ1v) is 9.68. The van der Waals surface area contributed by atoms with Gasteiger partial charge in [0.1, 0.15) is 0 Å². The summed E-state index contributed by atoms with van der Waals surface area (Å²) in [5.41, 5.74) is 14.4. The Hall–Kier alpha value is -3.27. The van der Waals surface area contributed by atoms with Crippen LogP contribution in [0.1, 0.15) is 41.7 Å². The van der Waals surface area contributed by atoms with Crippen LogP contribution >= 0.6 is 0 Å². The normalized spacial score (nSPS) is 19.3. The van der Waals surface area contributed by atoms with Gasteiger partial charge in [-0.15, -0.1) is 10.2 Å². The molecule has 29 heavy (non-hydrogen) atoms. The Balaban J connectivity index is 1.66. The highest BCUT2D eigenvalue weighted by Crippen LogP contribution is 2.26. The lowest BCUT2D eigenvalue weighted by Gasteiger charge is -2.29. The van der Waals surface area contributed by atoms with Crippen molar-refractivity contribution in [2.75, 3.05) is 10.6 Å². The molecular formula is C19H25N9O. The van der Waals surface area contributed by atoms with Gasteiger partial charge in [0.05, 0.1) is 11.7 Å². The van der Waals surface area contributed by atoms with E-state index in [2.05, 4.69) is 30.9 Å². The molecule has 1 aliphatic rings. The van der Waals surface area contributed by atoms with Crippen LogP contribution in [0.3, 0.4) is 0 Å². The maximum absolute atomic E-state index is 11.8. The minimum absolute atomic E-state index is 0.0220. The molecule has 1 aliphatic carbocycles. The van der Waals surface area contributed by atoms with Gasteiger partial charge in [0.25, 0.3) is 5.91 Å². The number of hydrogen-bond acceptors (Lipinski definition) is 8. The summed E-state index contributed by atoms with van der Waals surface area (Å²) < 4.78 is 1.79. The lowest BCUT2D eigenvalue weighted by atomic mass is 9.91. The van der Waals surface area contributed by atoms with E-state index in [-0.39, 0.29) is 23.6 Å².